The first-order valence-corrected chi connectivity index (χ1v) is 16.4. The van der Waals surface area contributed by atoms with Gasteiger partial charge in [0.25, 0.3) is 10.0 Å². The molecule has 236 valence electrons. The van der Waals surface area contributed by atoms with Gasteiger partial charge in [-0.2, -0.15) is 0 Å². The molecule has 0 aliphatic heterocycles. The van der Waals surface area contributed by atoms with Crippen LogP contribution in [0.25, 0.3) is 0 Å². The van der Waals surface area contributed by atoms with Crippen LogP contribution in [0.5, 0.6) is 11.5 Å². The number of benzene rings is 3. The second kappa shape index (κ2) is 14.6. The van der Waals surface area contributed by atoms with Gasteiger partial charge >= 0.3 is 0 Å². The van der Waals surface area contributed by atoms with Crippen molar-refractivity contribution in [3.8, 4) is 11.5 Å². The van der Waals surface area contributed by atoms with Gasteiger partial charge in [-0.1, -0.05) is 66.8 Å². The Hall–Kier alpha value is -4.05. The Morgan fingerprint density at radius 1 is 0.909 bits per heavy atom. The van der Waals surface area contributed by atoms with Gasteiger partial charge in [0, 0.05) is 18.7 Å². The molecule has 0 heterocycles. The van der Waals surface area contributed by atoms with Gasteiger partial charge in [0.15, 0.2) is 0 Å². The Kier molecular flexibility index (Phi) is 10.9. The lowest BCUT2D eigenvalue weighted by Crippen LogP contribution is -2.53. The van der Waals surface area contributed by atoms with Crippen molar-refractivity contribution < 1.29 is 27.5 Å². The van der Waals surface area contributed by atoms with Crippen molar-refractivity contribution in [1.29, 1.82) is 0 Å². The molecule has 0 spiro atoms. The highest BCUT2D eigenvalue weighted by Gasteiger charge is 2.34. The van der Waals surface area contributed by atoms with Gasteiger partial charge < -0.3 is 19.7 Å². The minimum absolute atomic E-state index is 0.0223. The van der Waals surface area contributed by atoms with Gasteiger partial charge in [-0.05, 0) is 63.4 Å². The summed E-state index contributed by atoms with van der Waals surface area (Å²) in [7, 11) is -1.34. The predicted octanol–water partition coefficient (Wildman–Crippen LogP) is 5.38. The van der Waals surface area contributed by atoms with Crippen molar-refractivity contribution >= 4 is 27.5 Å². The van der Waals surface area contributed by atoms with E-state index in [1.807, 2.05) is 38.1 Å². The predicted molar refractivity (Wildman–Crippen MR) is 171 cm³/mol. The summed E-state index contributed by atoms with van der Waals surface area (Å²) in [4.78, 5) is 29.3. The lowest BCUT2D eigenvalue weighted by molar-refractivity contribution is -0.139. The number of carbonyl (C=O) groups is 2. The molecular formula is C34H43N3O6S. The maximum absolute atomic E-state index is 14.3. The Morgan fingerprint density at radius 2 is 1.61 bits per heavy atom. The third-order valence-corrected chi connectivity index (χ3v) is 9.87. The van der Waals surface area contributed by atoms with E-state index in [4.69, 9.17) is 9.47 Å². The van der Waals surface area contributed by atoms with Crippen molar-refractivity contribution in [3.63, 3.8) is 0 Å². The van der Waals surface area contributed by atoms with Crippen LogP contribution in [0.3, 0.4) is 0 Å². The fourth-order valence-corrected chi connectivity index (χ4v) is 6.92. The van der Waals surface area contributed by atoms with Crippen LogP contribution in [0.1, 0.15) is 55.7 Å². The summed E-state index contributed by atoms with van der Waals surface area (Å²) in [5.41, 5.74) is 2.89. The molecule has 44 heavy (non-hydrogen) atoms. The molecule has 0 radical (unpaired) electrons. The molecular weight excluding hydrogens is 578 g/mol. The maximum atomic E-state index is 14.3. The summed E-state index contributed by atoms with van der Waals surface area (Å²) in [6, 6.07) is 18.1. The second-order valence-electron chi connectivity index (χ2n) is 11.4. The SMILES string of the molecule is COc1ccc(OC)c(N(CC(=O)N(Cc2cccc(C)c2)C(C)C(=O)NC2CCCCC2)S(=O)(=O)c2ccc(C)cc2)c1. The third-order valence-electron chi connectivity index (χ3n) is 8.10. The number of hydrogen-bond donors (Lipinski definition) is 1. The van der Waals surface area contributed by atoms with Crippen molar-refractivity contribution in [2.75, 3.05) is 25.1 Å². The average Bonchev–Trinajstić information content (AvgIpc) is 3.02. The van der Waals surface area contributed by atoms with E-state index >= 15 is 0 Å². The lowest BCUT2D eigenvalue weighted by Gasteiger charge is -2.33. The Morgan fingerprint density at radius 3 is 2.25 bits per heavy atom. The number of ether oxygens (including phenoxy) is 2. The molecule has 1 aliphatic carbocycles. The van der Waals surface area contributed by atoms with Crippen LogP contribution in [0.15, 0.2) is 71.6 Å². The third kappa shape index (κ3) is 7.91. The van der Waals surface area contributed by atoms with E-state index in [-0.39, 0.29) is 34.8 Å². The molecule has 10 heteroatoms. The molecule has 2 amide bonds. The number of sulfonamides is 1. The summed E-state index contributed by atoms with van der Waals surface area (Å²) in [6.07, 6.45) is 5.07. The first-order chi connectivity index (χ1) is 21.0. The fraction of sp³-hybridized carbons (Fsp3) is 0.412. The number of rotatable bonds is 12. The van der Waals surface area contributed by atoms with Crippen LogP contribution in [0.2, 0.25) is 0 Å². The van der Waals surface area contributed by atoms with Crippen molar-refractivity contribution in [1.82, 2.24) is 10.2 Å². The average molecular weight is 622 g/mol. The largest absolute Gasteiger partial charge is 0.497 e. The molecule has 1 saturated carbocycles. The van der Waals surface area contributed by atoms with Gasteiger partial charge in [-0.3, -0.25) is 13.9 Å². The van der Waals surface area contributed by atoms with Crippen LogP contribution in [0.4, 0.5) is 5.69 Å². The van der Waals surface area contributed by atoms with Crippen molar-refractivity contribution in [2.45, 2.75) is 76.4 Å². The zero-order valence-corrected chi connectivity index (χ0v) is 27.0. The molecule has 1 N–H and O–H groups in total. The summed E-state index contributed by atoms with van der Waals surface area (Å²) >= 11 is 0. The smallest absolute Gasteiger partial charge is 0.264 e. The molecule has 0 saturated heterocycles. The first-order valence-electron chi connectivity index (χ1n) is 15.0. The molecule has 1 fully saturated rings. The van der Waals surface area contributed by atoms with Gasteiger partial charge in [0.1, 0.15) is 24.1 Å². The first kappa shape index (κ1) is 32.9. The number of nitrogens with zero attached hydrogens (tertiary/aromatic N) is 2. The molecule has 0 aromatic heterocycles. The number of aryl methyl sites for hydroxylation is 2. The normalized spacial score (nSPS) is 14.4. The van der Waals surface area contributed by atoms with E-state index in [1.165, 1.54) is 37.3 Å². The van der Waals surface area contributed by atoms with Crippen LogP contribution < -0.4 is 19.1 Å². The molecule has 1 unspecified atom stereocenters. The molecule has 0 bridgehead atoms. The highest BCUT2D eigenvalue weighted by molar-refractivity contribution is 7.92. The summed E-state index contributed by atoms with van der Waals surface area (Å²) < 4.78 is 40.4. The van der Waals surface area contributed by atoms with E-state index in [1.54, 1.807) is 31.2 Å². The Balaban J connectivity index is 1.75. The van der Waals surface area contributed by atoms with Crippen LogP contribution in [-0.4, -0.2) is 58.0 Å². The summed E-state index contributed by atoms with van der Waals surface area (Å²) in [6.45, 7) is 5.09. The second-order valence-corrected chi connectivity index (χ2v) is 13.3. The van der Waals surface area contributed by atoms with E-state index in [0.717, 1.165) is 53.1 Å². The Labute approximate surface area is 261 Å². The van der Waals surface area contributed by atoms with E-state index in [0.29, 0.717) is 5.75 Å². The van der Waals surface area contributed by atoms with E-state index < -0.39 is 28.5 Å². The minimum atomic E-state index is -4.26. The standard InChI is InChI=1S/C34H43N3O6S/c1-24-14-17-30(18-15-24)44(40,41)37(31-21-29(42-4)16-19-32(31)43-5)23-33(38)36(22-27-11-9-10-25(2)20-27)26(3)34(39)35-28-12-7-6-8-13-28/h9-11,14-21,26,28H,6-8,12-13,22-23H2,1-5H3,(H,35,39). The topological polar surface area (TPSA) is 105 Å². The van der Waals surface area contributed by atoms with Gasteiger partial charge in [0.05, 0.1) is 24.8 Å². The number of anilines is 1. The van der Waals surface area contributed by atoms with Crippen LogP contribution in [-0.2, 0) is 26.2 Å². The van der Waals surface area contributed by atoms with Crippen LogP contribution in [0, 0.1) is 13.8 Å². The van der Waals surface area contributed by atoms with Crippen molar-refractivity contribution in [2.24, 2.45) is 0 Å². The van der Waals surface area contributed by atoms with E-state index in [2.05, 4.69) is 5.32 Å². The number of amides is 2. The van der Waals surface area contributed by atoms with Crippen LogP contribution >= 0.6 is 0 Å². The molecule has 9 nitrogen and oxygen atoms in total. The highest BCUT2D eigenvalue weighted by Crippen LogP contribution is 2.36. The maximum Gasteiger partial charge on any atom is 0.264 e. The molecule has 3 aromatic rings. The monoisotopic (exact) mass is 621 g/mol. The molecule has 3 aromatic carbocycles. The van der Waals surface area contributed by atoms with Gasteiger partial charge in [-0.15, -0.1) is 0 Å². The zero-order chi connectivity index (χ0) is 31.9. The number of methoxy groups -OCH3 is 2. The van der Waals surface area contributed by atoms with Gasteiger partial charge in [-0.25, -0.2) is 8.42 Å². The fourth-order valence-electron chi connectivity index (χ4n) is 5.50. The number of carbonyl (C=O) groups excluding carboxylic acids is 2. The van der Waals surface area contributed by atoms with Crippen molar-refractivity contribution in [3.05, 3.63) is 83.4 Å². The number of nitrogens with one attached hydrogen (secondary N) is 1. The number of hydrogen-bond acceptors (Lipinski definition) is 6. The molecule has 1 aliphatic rings. The summed E-state index contributed by atoms with van der Waals surface area (Å²) in [5.74, 6) is -0.139. The van der Waals surface area contributed by atoms with Gasteiger partial charge in [0.2, 0.25) is 11.8 Å². The van der Waals surface area contributed by atoms with E-state index in [9.17, 15) is 18.0 Å². The minimum Gasteiger partial charge on any atom is -0.497 e. The summed E-state index contributed by atoms with van der Waals surface area (Å²) in [5, 5.41) is 3.13. The lowest BCUT2D eigenvalue weighted by atomic mass is 9.95. The Bertz CT molecular complexity index is 1550. The highest BCUT2D eigenvalue weighted by atomic mass is 32.2. The molecule has 1 atom stereocenters. The molecule has 4 rings (SSSR count). The zero-order valence-electron chi connectivity index (χ0n) is 26.2. The quantitative estimate of drug-likeness (QED) is 0.291.